The van der Waals surface area contributed by atoms with Gasteiger partial charge >= 0.3 is 0 Å². The Morgan fingerprint density at radius 2 is 2.21 bits per heavy atom. The summed E-state index contributed by atoms with van der Waals surface area (Å²) in [6.45, 7) is 3.70. The molecule has 0 saturated carbocycles. The fourth-order valence-corrected chi connectivity index (χ4v) is 2.40. The van der Waals surface area contributed by atoms with Crippen molar-refractivity contribution >= 4 is 22.9 Å². The number of halogens is 1. The molecular weight excluding hydrogens is 265 g/mol. The normalized spacial score (nSPS) is 11.3. The Hall–Kier alpha value is -1.95. The lowest BCUT2D eigenvalue weighted by molar-refractivity contribution is 0.0913. The summed E-state index contributed by atoms with van der Waals surface area (Å²) in [4.78, 5) is 16.3. The number of carbonyl (C=O) groups is 1. The van der Waals surface area contributed by atoms with Gasteiger partial charge in [0.15, 0.2) is 0 Å². The van der Waals surface area contributed by atoms with Crippen LogP contribution in [0.3, 0.4) is 0 Å². The van der Waals surface area contributed by atoms with Crippen molar-refractivity contribution in [3.05, 3.63) is 46.2 Å². The quantitative estimate of drug-likeness (QED) is 0.848. The summed E-state index contributed by atoms with van der Waals surface area (Å²) in [6.07, 6.45) is 1.68. The summed E-state index contributed by atoms with van der Waals surface area (Å²) in [5.74, 6) is -0.814. The minimum atomic E-state index is -0.605. The molecule has 0 atom stereocenters. The van der Waals surface area contributed by atoms with Crippen molar-refractivity contribution in [2.45, 2.75) is 19.4 Å². The van der Waals surface area contributed by atoms with Crippen LogP contribution < -0.4 is 11.1 Å². The number of thiazole rings is 1. The van der Waals surface area contributed by atoms with Gasteiger partial charge in [-0.2, -0.15) is 0 Å². The summed E-state index contributed by atoms with van der Waals surface area (Å²) >= 11 is 1.46. The number of carbonyl (C=O) groups excluding carboxylic acids is 1. The maximum atomic E-state index is 13.0. The Morgan fingerprint density at radius 3 is 2.79 bits per heavy atom. The number of aromatic nitrogens is 1. The number of hydrogen-bond donors (Lipinski definition) is 2. The molecule has 0 spiro atoms. The summed E-state index contributed by atoms with van der Waals surface area (Å²) in [6, 6.07) is 3.71. The zero-order valence-electron chi connectivity index (χ0n) is 10.6. The third kappa shape index (κ3) is 2.90. The van der Waals surface area contributed by atoms with Gasteiger partial charge in [0.25, 0.3) is 5.91 Å². The van der Waals surface area contributed by atoms with Crippen molar-refractivity contribution < 1.29 is 9.18 Å². The molecule has 2 aromatic rings. The van der Waals surface area contributed by atoms with E-state index in [9.17, 15) is 9.18 Å². The van der Waals surface area contributed by atoms with Gasteiger partial charge < -0.3 is 11.1 Å². The van der Waals surface area contributed by atoms with Gasteiger partial charge in [0.2, 0.25) is 0 Å². The van der Waals surface area contributed by atoms with Crippen molar-refractivity contribution in [3.8, 4) is 0 Å². The first-order chi connectivity index (χ1) is 8.90. The molecule has 0 aliphatic carbocycles. The van der Waals surface area contributed by atoms with E-state index in [0.29, 0.717) is 0 Å². The number of amides is 1. The molecule has 0 unspecified atom stereocenters. The number of nitrogens with one attached hydrogen (secondary N) is 1. The van der Waals surface area contributed by atoms with Gasteiger partial charge in [-0.05, 0) is 32.0 Å². The molecule has 1 heterocycles. The van der Waals surface area contributed by atoms with E-state index in [1.54, 1.807) is 6.20 Å². The molecule has 2 rings (SSSR count). The second-order valence-corrected chi connectivity index (χ2v) is 5.54. The maximum absolute atomic E-state index is 13.0. The molecule has 0 aliphatic rings. The lowest BCUT2D eigenvalue weighted by atomic mass is 10.1. The molecule has 0 saturated heterocycles. The Balaban J connectivity index is 2.21. The predicted molar refractivity (Wildman–Crippen MR) is 73.4 cm³/mol. The van der Waals surface area contributed by atoms with E-state index in [4.69, 9.17) is 5.73 Å². The van der Waals surface area contributed by atoms with Gasteiger partial charge in [0.05, 0.1) is 11.1 Å². The molecule has 4 nitrogen and oxygen atoms in total. The van der Waals surface area contributed by atoms with E-state index < -0.39 is 11.4 Å². The Kier molecular flexibility index (Phi) is 3.53. The highest BCUT2D eigenvalue weighted by Crippen LogP contribution is 2.23. The zero-order valence-corrected chi connectivity index (χ0v) is 11.4. The first kappa shape index (κ1) is 13.5. The third-order valence-electron chi connectivity index (χ3n) is 2.65. The molecule has 0 aliphatic heterocycles. The summed E-state index contributed by atoms with van der Waals surface area (Å²) < 4.78 is 13.0. The van der Waals surface area contributed by atoms with Gasteiger partial charge in [-0.3, -0.25) is 4.79 Å². The SMILES string of the molecule is CC(C)(NC(=O)c1ccc(F)cc1N)c1nccs1. The Bertz CT molecular complexity index is 596. The van der Waals surface area contributed by atoms with Gasteiger partial charge in [0, 0.05) is 17.3 Å². The fraction of sp³-hybridized carbons (Fsp3) is 0.231. The second-order valence-electron chi connectivity index (χ2n) is 4.65. The number of anilines is 1. The highest BCUT2D eigenvalue weighted by atomic mass is 32.1. The highest BCUT2D eigenvalue weighted by Gasteiger charge is 2.26. The molecule has 19 heavy (non-hydrogen) atoms. The monoisotopic (exact) mass is 279 g/mol. The topological polar surface area (TPSA) is 68.0 Å². The summed E-state index contributed by atoms with van der Waals surface area (Å²) in [5, 5.41) is 5.48. The maximum Gasteiger partial charge on any atom is 0.254 e. The smallest absolute Gasteiger partial charge is 0.254 e. The van der Waals surface area contributed by atoms with Crippen LogP contribution in [0.2, 0.25) is 0 Å². The van der Waals surface area contributed by atoms with Crippen LogP contribution in [0.15, 0.2) is 29.8 Å². The Labute approximate surface area is 114 Å². The van der Waals surface area contributed by atoms with Gasteiger partial charge in [0.1, 0.15) is 10.8 Å². The highest BCUT2D eigenvalue weighted by molar-refractivity contribution is 7.09. The van der Waals surface area contributed by atoms with Gasteiger partial charge in [-0.15, -0.1) is 11.3 Å². The number of benzene rings is 1. The molecule has 0 radical (unpaired) electrons. The van der Waals surface area contributed by atoms with Crippen LogP contribution in [-0.4, -0.2) is 10.9 Å². The Morgan fingerprint density at radius 1 is 1.47 bits per heavy atom. The third-order valence-corrected chi connectivity index (χ3v) is 3.75. The molecule has 100 valence electrons. The van der Waals surface area contributed by atoms with E-state index in [-0.39, 0.29) is 17.2 Å². The number of rotatable bonds is 3. The van der Waals surface area contributed by atoms with Crippen LogP contribution in [0.1, 0.15) is 29.2 Å². The minimum absolute atomic E-state index is 0.118. The average Bonchev–Trinajstić information content (AvgIpc) is 2.81. The van der Waals surface area contributed by atoms with Crippen molar-refractivity contribution in [2.24, 2.45) is 0 Å². The van der Waals surface area contributed by atoms with Crippen LogP contribution in [-0.2, 0) is 5.54 Å². The molecule has 6 heteroatoms. The van der Waals surface area contributed by atoms with Gasteiger partial charge in [-0.1, -0.05) is 0 Å². The standard InChI is InChI=1S/C13H14FN3OS/c1-13(2,12-16-5-6-19-12)17-11(18)9-4-3-8(14)7-10(9)15/h3-7H,15H2,1-2H3,(H,17,18). The van der Waals surface area contributed by atoms with Crippen LogP contribution in [0.5, 0.6) is 0 Å². The summed E-state index contributed by atoms with van der Waals surface area (Å²) in [5.41, 5.74) is 5.41. The first-order valence-corrected chi connectivity index (χ1v) is 6.55. The van der Waals surface area contributed by atoms with Crippen LogP contribution in [0.4, 0.5) is 10.1 Å². The van der Waals surface area contributed by atoms with E-state index in [1.807, 2.05) is 19.2 Å². The molecule has 3 N–H and O–H groups in total. The zero-order chi connectivity index (χ0) is 14.0. The fourth-order valence-electron chi connectivity index (χ4n) is 1.68. The van der Waals surface area contributed by atoms with Crippen LogP contribution in [0, 0.1) is 5.82 Å². The lowest BCUT2D eigenvalue weighted by Gasteiger charge is -2.24. The summed E-state index contributed by atoms with van der Waals surface area (Å²) in [7, 11) is 0. The number of hydrogen-bond acceptors (Lipinski definition) is 4. The predicted octanol–water partition coefficient (Wildman–Crippen LogP) is 2.53. The molecule has 0 bridgehead atoms. The minimum Gasteiger partial charge on any atom is -0.398 e. The molecule has 1 aromatic heterocycles. The molecular formula is C13H14FN3OS. The van der Waals surface area contributed by atoms with E-state index in [2.05, 4.69) is 10.3 Å². The lowest BCUT2D eigenvalue weighted by Crippen LogP contribution is -2.41. The molecule has 0 fully saturated rings. The van der Waals surface area contributed by atoms with Gasteiger partial charge in [-0.25, -0.2) is 9.37 Å². The number of nitrogens with zero attached hydrogens (tertiary/aromatic N) is 1. The first-order valence-electron chi connectivity index (χ1n) is 5.67. The largest absolute Gasteiger partial charge is 0.398 e. The number of nitrogen functional groups attached to an aromatic ring is 1. The van der Waals surface area contributed by atoms with Crippen LogP contribution in [0.25, 0.3) is 0 Å². The van der Waals surface area contributed by atoms with E-state index >= 15 is 0 Å². The van der Waals surface area contributed by atoms with Crippen molar-refractivity contribution in [2.75, 3.05) is 5.73 Å². The van der Waals surface area contributed by atoms with E-state index in [1.165, 1.54) is 23.5 Å². The molecule has 1 aromatic carbocycles. The second kappa shape index (κ2) is 4.97. The average molecular weight is 279 g/mol. The van der Waals surface area contributed by atoms with Crippen molar-refractivity contribution in [1.82, 2.24) is 10.3 Å². The van der Waals surface area contributed by atoms with Crippen LogP contribution >= 0.6 is 11.3 Å². The van der Waals surface area contributed by atoms with E-state index in [0.717, 1.165) is 11.1 Å². The van der Waals surface area contributed by atoms with Crippen molar-refractivity contribution in [3.63, 3.8) is 0 Å². The van der Waals surface area contributed by atoms with Crippen molar-refractivity contribution in [1.29, 1.82) is 0 Å². The number of nitrogens with two attached hydrogens (primary N) is 1. The molecule has 1 amide bonds.